The number of rotatable bonds is 9. The van der Waals surface area contributed by atoms with Gasteiger partial charge in [-0.2, -0.15) is 0 Å². The molecule has 1 aromatic rings. The monoisotopic (exact) mass is 474 g/mol. The van der Waals surface area contributed by atoms with Crippen LogP contribution in [-0.4, -0.2) is 58.8 Å². The van der Waals surface area contributed by atoms with E-state index < -0.39 is 0 Å². The first-order valence-electron chi connectivity index (χ1n) is 9.25. The van der Waals surface area contributed by atoms with Crippen molar-refractivity contribution in [2.75, 3.05) is 47.9 Å². The van der Waals surface area contributed by atoms with E-state index in [0.29, 0.717) is 11.5 Å². The summed E-state index contributed by atoms with van der Waals surface area (Å²) in [6.45, 7) is 2.63. The van der Waals surface area contributed by atoms with E-state index in [9.17, 15) is 0 Å². The normalized spacial score (nSPS) is 17.2. The maximum absolute atomic E-state index is 5.28. The Morgan fingerprint density at radius 2 is 1.92 bits per heavy atom. The average Bonchev–Trinajstić information content (AvgIpc) is 2.59. The smallest absolute Gasteiger partial charge is 0.191 e. The summed E-state index contributed by atoms with van der Waals surface area (Å²) in [7, 11) is 7.85. The molecule has 0 spiro atoms. The number of guanidine groups is 1. The van der Waals surface area contributed by atoms with Crippen molar-refractivity contribution in [3.8, 4) is 0 Å². The second-order valence-electron chi connectivity index (χ2n) is 7.29. The number of hydrogen-bond acceptors (Lipinski definition) is 3. The van der Waals surface area contributed by atoms with Gasteiger partial charge in [-0.15, -0.1) is 24.0 Å². The van der Waals surface area contributed by atoms with Crippen molar-refractivity contribution >= 4 is 29.9 Å². The Morgan fingerprint density at radius 3 is 2.42 bits per heavy atom. The zero-order chi connectivity index (χ0) is 18.1. The van der Waals surface area contributed by atoms with E-state index in [1.807, 2.05) is 7.05 Å². The third kappa shape index (κ3) is 6.70. The van der Waals surface area contributed by atoms with Gasteiger partial charge in [0.2, 0.25) is 0 Å². The van der Waals surface area contributed by atoms with Crippen LogP contribution in [0.4, 0.5) is 0 Å². The number of nitrogens with zero attached hydrogens (tertiary/aromatic N) is 2. The first-order valence-corrected chi connectivity index (χ1v) is 9.25. The summed E-state index contributed by atoms with van der Waals surface area (Å²) in [4.78, 5) is 6.64. The summed E-state index contributed by atoms with van der Waals surface area (Å²) in [6, 6.07) is 10.9. The van der Waals surface area contributed by atoms with Crippen molar-refractivity contribution in [2.45, 2.75) is 31.7 Å². The van der Waals surface area contributed by atoms with Crippen LogP contribution in [0.15, 0.2) is 35.3 Å². The fourth-order valence-corrected chi connectivity index (χ4v) is 3.47. The first kappa shape index (κ1) is 23.2. The third-order valence-electron chi connectivity index (χ3n) is 5.38. The lowest BCUT2D eigenvalue weighted by atomic mass is 9.67. The largest absolute Gasteiger partial charge is 0.385 e. The van der Waals surface area contributed by atoms with Gasteiger partial charge >= 0.3 is 0 Å². The molecule has 148 valence electrons. The van der Waals surface area contributed by atoms with E-state index in [1.165, 1.54) is 24.8 Å². The van der Waals surface area contributed by atoms with Crippen LogP contribution in [0.3, 0.4) is 0 Å². The van der Waals surface area contributed by atoms with Crippen LogP contribution >= 0.6 is 24.0 Å². The van der Waals surface area contributed by atoms with Gasteiger partial charge in [0.1, 0.15) is 0 Å². The highest BCUT2D eigenvalue weighted by molar-refractivity contribution is 14.0. The topological polar surface area (TPSA) is 48.9 Å². The molecular weight excluding hydrogens is 439 g/mol. The van der Waals surface area contributed by atoms with Gasteiger partial charge < -0.3 is 20.3 Å². The number of likely N-dealkylation sites (N-methyl/N-ethyl adjacent to an activating group) is 1. The number of aliphatic imine (C=N–C) groups is 1. The number of ether oxygens (including phenoxy) is 1. The molecule has 1 atom stereocenters. The van der Waals surface area contributed by atoms with Gasteiger partial charge in [0.25, 0.3) is 0 Å². The molecule has 1 aliphatic rings. The van der Waals surface area contributed by atoms with Crippen molar-refractivity contribution in [3.05, 3.63) is 35.9 Å². The molecule has 0 aliphatic heterocycles. The molecule has 6 heteroatoms. The minimum absolute atomic E-state index is 0. The van der Waals surface area contributed by atoms with E-state index in [1.54, 1.807) is 7.11 Å². The van der Waals surface area contributed by atoms with Crippen LogP contribution in [0.2, 0.25) is 0 Å². The van der Waals surface area contributed by atoms with Crippen LogP contribution in [-0.2, 0) is 4.74 Å². The van der Waals surface area contributed by atoms with Crippen LogP contribution < -0.4 is 10.6 Å². The summed E-state index contributed by atoms with van der Waals surface area (Å²) in [6.07, 6.45) is 5.02. The molecule has 1 saturated carbocycles. The predicted molar refractivity (Wildman–Crippen MR) is 120 cm³/mol. The standard InChI is InChI=1S/C20H34N4O.HI/c1-21-19(23-16-20(11-8-12-20)13-14-25-4)22-15-18(24(2)3)17-9-6-5-7-10-17;/h5-7,9-10,18H,8,11-16H2,1-4H3,(H2,21,22,23);1H. The number of halogens is 1. The highest BCUT2D eigenvalue weighted by atomic mass is 127. The van der Waals surface area contributed by atoms with Crippen LogP contribution in [0.25, 0.3) is 0 Å². The Hall–Kier alpha value is -0.860. The minimum atomic E-state index is 0. The van der Waals surface area contributed by atoms with Crippen molar-refractivity contribution < 1.29 is 4.74 Å². The third-order valence-corrected chi connectivity index (χ3v) is 5.38. The fourth-order valence-electron chi connectivity index (χ4n) is 3.47. The van der Waals surface area contributed by atoms with Gasteiger partial charge in [0.05, 0.1) is 6.04 Å². The van der Waals surface area contributed by atoms with Crippen molar-refractivity contribution in [2.24, 2.45) is 10.4 Å². The Morgan fingerprint density at radius 1 is 1.23 bits per heavy atom. The molecule has 1 unspecified atom stereocenters. The molecule has 0 heterocycles. The van der Waals surface area contributed by atoms with Gasteiger partial charge in [-0.05, 0) is 44.3 Å². The van der Waals surface area contributed by atoms with Crippen LogP contribution in [0.5, 0.6) is 0 Å². The number of benzene rings is 1. The molecule has 1 fully saturated rings. The summed E-state index contributed by atoms with van der Waals surface area (Å²) < 4.78 is 5.28. The first-order chi connectivity index (χ1) is 12.1. The summed E-state index contributed by atoms with van der Waals surface area (Å²) >= 11 is 0. The molecule has 2 rings (SSSR count). The summed E-state index contributed by atoms with van der Waals surface area (Å²) in [5, 5.41) is 7.02. The molecular formula is C20H35IN4O. The van der Waals surface area contributed by atoms with Gasteiger partial charge in [-0.1, -0.05) is 36.8 Å². The molecule has 1 aromatic carbocycles. The fraction of sp³-hybridized carbons (Fsp3) is 0.650. The van der Waals surface area contributed by atoms with Crippen LogP contribution in [0.1, 0.15) is 37.3 Å². The lowest BCUT2D eigenvalue weighted by molar-refractivity contribution is 0.0732. The molecule has 0 saturated heterocycles. The predicted octanol–water partition coefficient (Wildman–Crippen LogP) is 3.28. The van der Waals surface area contributed by atoms with Crippen LogP contribution in [0, 0.1) is 5.41 Å². The van der Waals surface area contributed by atoms with E-state index in [4.69, 9.17) is 4.74 Å². The number of nitrogens with one attached hydrogen (secondary N) is 2. The number of hydrogen-bond donors (Lipinski definition) is 2. The minimum Gasteiger partial charge on any atom is -0.385 e. The highest BCUT2D eigenvalue weighted by Crippen LogP contribution is 2.43. The van der Waals surface area contributed by atoms with Gasteiger partial charge in [-0.3, -0.25) is 4.99 Å². The highest BCUT2D eigenvalue weighted by Gasteiger charge is 2.36. The lowest BCUT2D eigenvalue weighted by Gasteiger charge is -2.42. The van der Waals surface area contributed by atoms with E-state index in [-0.39, 0.29) is 24.0 Å². The maximum Gasteiger partial charge on any atom is 0.191 e. The Kier molecular flexibility index (Phi) is 10.5. The molecule has 0 aromatic heterocycles. The molecule has 0 amide bonds. The molecule has 0 radical (unpaired) electrons. The Labute approximate surface area is 176 Å². The van der Waals surface area contributed by atoms with Crippen molar-refractivity contribution in [1.82, 2.24) is 15.5 Å². The molecule has 5 nitrogen and oxygen atoms in total. The van der Waals surface area contributed by atoms with E-state index >= 15 is 0 Å². The number of methoxy groups -OCH3 is 1. The molecule has 0 bridgehead atoms. The zero-order valence-corrected chi connectivity index (χ0v) is 19.0. The Bertz CT molecular complexity index is 532. The molecule has 1 aliphatic carbocycles. The maximum atomic E-state index is 5.28. The van der Waals surface area contributed by atoms with E-state index in [2.05, 4.69) is 65.0 Å². The van der Waals surface area contributed by atoms with Gasteiger partial charge in [0, 0.05) is 33.9 Å². The second-order valence-corrected chi connectivity index (χ2v) is 7.29. The lowest BCUT2D eigenvalue weighted by Crippen LogP contribution is -2.48. The Balaban J connectivity index is 0.00000338. The summed E-state index contributed by atoms with van der Waals surface area (Å²) in [5.41, 5.74) is 1.69. The van der Waals surface area contributed by atoms with Crippen molar-refractivity contribution in [3.63, 3.8) is 0 Å². The SMILES string of the molecule is CN=C(NCC(c1ccccc1)N(C)C)NCC1(CCOC)CCC1.I. The summed E-state index contributed by atoms with van der Waals surface area (Å²) in [5.74, 6) is 0.881. The molecule has 2 N–H and O–H groups in total. The quantitative estimate of drug-likeness (QED) is 0.328. The van der Waals surface area contributed by atoms with Gasteiger partial charge in [-0.25, -0.2) is 0 Å². The van der Waals surface area contributed by atoms with E-state index in [0.717, 1.165) is 32.1 Å². The average molecular weight is 474 g/mol. The van der Waals surface area contributed by atoms with Crippen molar-refractivity contribution in [1.29, 1.82) is 0 Å². The zero-order valence-electron chi connectivity index (χ0n) is 16.6. The van der Waals surface area contributed by atoms with Gasteiger partial charge in [0.15, 0.2) is 5.96 Å². The molecule has 26 heavy (non-hydrogen) atoms. The second kappa shape index (κ2) is 11.8.